The summed E-state index contributed by atoms with van der Waals surface area (Å²) < 4.78 is 0. The Morgan fingerprint density at radius 2 is 1.68 bits per heavy atom. The van der Waals surface area contributed by atoms with Crippen LogP contribution in [0, 0.1) is 5.92 Å². The fourth-order valence-electron chi connectivity index (χ4n) is 2.95. The molecule has 7 nitrogen and oxygen atoms in total. The van der Waals surface area contributed by atoms with Gasteiger partial charge in [-0.05, 0) is 32.0 Å². The molecule has 3 amide bonds. The molecule has 0 saturated carbocycles. The first kappa shape index (κ1) is 27.0. The van der Waals surface area contributed by atoms with Gasteiger partial charge in [0, 0.05) is 45.3 Å². The van der Waals surface area contributed by atoms with E-state index < -0.39 is 6.04 Å². The van der Waals surface area contributed by atoms with Crippen molar-refractivity contribution in [3.05, 3.63) is 35.9 Å². The second-order valence-corrected chi connectivity index (χ2v) is 9.52. The topological polar surface area (TPSA) is 81.8 Å². The van der Waals surface area contributed by atoms with Crippen molar-refractivity contribution in [2.45, 2.75) is 39.7 Å². The molecule has 0 spiro atoms. The van der Waals surface area contributed by atoms with E-state index in [4.69, 9.17) is 0 Å². The summed E-state index contributed by atoms with van der Waals surface area (Å²) in [6, 6.07) is 8.88. The van der Waals surface area contributed by atoms with E-state index >= 15 is 0 Å². The Hall–Kier alpha value is -2.06. The second-order valence-electron chi connectivity index (χ2n) is 8.25. The van der Waals surface area contributed by atoms with E-state index in [1.807, 2.05) is 49.3 Å². The van der Waals surface area contributed by atoms with Gasteiger partial charge in [0.25, 0.3) is 0 Å². The number of carbonyl (C=O) groups is 3. The number of urea groups is 1. The van der Waals surface area contributed by atoms with Gasteiger partial charge in [-0.3, -0.25) is 9.59 Å². The van der Waals surface area contributed by atoms with E-state index in [-0.39, 0.29) is 17.1 Å². The lowest BCUT2D eigenvalue weighted by Gasteiger charge is -2.32. The van der Waals surface area contributed by atoms with E-state index in [9.17, 15) is 14.4 Å². The van der Waals surface area contributed by atoms with Crippen LogP contribution in [0.1, 0.15) is 32.8 Å². The molecule has 1 aromatic rings. The highest BCUT2D eigenvalue weighted by Crippen LogP contribution is 2.13. The minimum Gasteiger partial charge on any atom is -0.353 e. The van der Waals surface area contributed by atoms with Gasteiger partial charge < -0.3 is 20.4 Å². The van der Waals surface area contributed by atoms with Crippen LogP contribution in [0.25, 0.3) is 0 Å². The lowest BCUT2D eigenvalue weighted by Crippen LogP contribution is -2.55. The summed E-state index contributed by atoms with van der Waals surface area (Å²) in [6.45, 7) is 7.82. The Morgan fingerprint density at radius 3 is 2.26 bits per heavy atom. The Balaban J connectivity index is 2.98. The molecule has 0 fully saturated rings. The summed E-state index contributed by atoms with van der Waals surface area (Å²) in [5.41, 5.74) is 1.00. The molecule has 0 bridgehead atoms. The van der Waals surface area contributed by atoms with E-state index in [0.29, 0.717) is 37.7 Å². The molecule has 1 atom stereocenters. The summed E-state index contributed by atoms with van der Waals surface area (Å²) in [4.78, 5) is 41.0. The van der Waals surface area contributed by atoms with Gasteiger partial charge in [-0.1, -0.05) is 55.9 Å². The zero-order valence-electron chi connectivity index (χ0n) is 19.5. The average molecular weight is 451 g/mol. The van der Waals surface area contributed by atoms with Crippen molar-refractivity contribution in [1.29, 1.82) is 0 Å². The van der Waals surface area contributed by atoms with Gasteiger partial charge in [0.1, 0.15) is 6.04 Å². The molecule has 0 aliphatic heterocycles. The van der Waals surface area contributed by atoms with Crippen LogP contribution in [-0.4, -0.2) is 78.9 Å². The van der Waals surface area contributed by atoms with E-state index in [2.05, 4.69) is 24.5 Å². The molecule has 0 saturated heterocycles. The standard InChI is InChI=1S/C23H38N4O3S/c1-18(2)11-14-27(23(30)25-13-16-31-19(3)28)21(17-20-9-7-6-8-10-20)22(29)24-12-15-26(4)5/h6-10,18,21H,11-17H2,1-5H3,(H,24,29)(H,25,30). The molecule has 31 heavy (non-hydrogen) atoms. The smallest absolute Gasteiger partial charge is 0.318 e. The number of likely N-dealkylation sites (N-methyl/N-ethyl adjacent to an activating group) is 1. The molecule has 8 heteroatoms. The zero-order chi connectivity index (χ0) is 23.2. The molecule has 0 aliphatic carbocycles. The third-order valence-corrected chi connectivity index (χ3v) is 5.52. The largest absolute Gasteiger partial charge is 0.353 e. The number of hydrogen-bond acceptors (Lipinski definition) is 5. The molecule has 0 aliphatic rings. The Labute approximate surface area is 191 Å². The van der Waals surface area contributed by atoms with E-state index in [1.54, 1.807) is 4.90 Å². The maximum atomic E-state index is 13.1. The lowest BCUT2D eigenvalue weighted by molar-refractivity contribution is -0.125. The first-order valence-electron chi connectivity index (χ1n) is 10.8. The van der Waals surface area contributed by atoms with Crippen molar-refractivity contribution >= 4 is 28.8 Å². The Morgan fingerprint density at radius 1 is 1.00 bits per heavy atom. The normalized spacial score (nSPS) is 12.0. The van der Waals surface area contributed by atoms with Crippen molar-refractivity contribution in [1.82, 2.24) is 20.4 Å². The van der Waals surface area contributed by atoms with Gasteiger partial charge in [-0.25, -0.2) is 4.79 Å². The summed E-state index contributed by atoms with van der Waals surface area (Å²) in [5, 5.41) is 5.89. The Kier molecular flexibility index (Phi) is 12.9. The van der Waals surface area contributed by atoms with Gasteiger partial charge in [-0.2, -0.15) is 0 Å². The highest BCUT2D eigenvalue weighted by atomic mass is 32.2. The maximum Gasteiger partial charge on any atom is 0.318 e. The van der Waals surface area contributed by atoms with E-state index in [0.717, 1.165) is 18.5 Å². The number of thioether (sulfide) groups is 1. The summed E-state index contributed by atoms with van der Waals surface area (Å²) in [7, 11) is 3.91. The second kappa shape index (κ2) is 14.9. The predicted octanol–water partition coefficient (Wildman–Crippen LogP) is 2.61. The van der Waals surface area contributed by atoms with Crippen molar-refractivity contribution in [3.63, 3.8) is 0 Å². The van der Waals surface area contributed by atoms with Gasteiger partial charge in [0.15, 0.2) is 5.12 Å². The van der Waals surface area contributed by atoms with Crippen LogP contribution in [0.2, 0.25) is 0 Å². The molecule has 1 aromatic carbocycles. The van der Waals surface area contributed by atoms with Gasteiger partial charge in [0.05, 0.1) is 0 Å². The monoisotopic (exact) mass is 450 g/mol. The lowest BCUT2D eigenvalue weighted by atomic mass is 10.0. The van der Waals surface area contributed by atoms with Crippen molar-refractivity contribution in [2.24, 2.45) is 5.92 Å². The predicted molar refractivity (Wildman–Crippen MR) is 128 cm³/mol. The molecule has 1 unspecified atom stereocenters. The quantitative estimate of drug-likeness (QED) is 0.452. The molecule has 0 aromatic heterocycles. The third kappa shape index (κ3) is 11.8. The third-order valence-electron chi connectivity index (χ3n) is 4.70. The minimum absolute atomic E-state index is 0.0214. The fourth-order valence-corrected chi connectivity index (χ4v) is 3.44. The summed E-state index contributed by atoms with van der Waals surface area (Å²) >= 11 is 1.18. The molecule has 0 heterocycles. The highest BCUT2D eigenvalue weighted by molar-refractivity contribution is 8.13. The SMILES string of the molecule is CC(=O)SCCNC(=O)N(CCC(C)C)C(Cc1ccccc1)C(=O)NCCN(C)C. The van der Waals surface area contributed by atoms with Crippen LogP contribution in [0.5, 0.6) is 0 Å². The maximum absolute atomic E-state index is 13.1. The molecule has 1 rings (SSSR count). The van der Waals surface area contributed by atoms with Crippen LogP contribution < -0.4 is 10.6 Å². The molecule has 0 radical (unpaired) electrons. The molecule has 174 valence electrons. The van der Waals surface area contributed by atoms with Crippen LogP contribution >= 0.6 is 11.8 Å². The number of rotatable bonds is 13. The number of benzene rings is 1. The summed E-state index contributed by atoms with van der Waals surface area (Å²) in [6.07, 6.45) is 1.24. The molecule has 2 N–H and O–H groups in total. The van der Waals surface area contributed by atoms with Gasteiger partial charge >= 0.3 is 6.03 Å². The molecular weight excluding hydrogens is 412 g/mol. The number of nitrogens with zero attached hydrogens (tertiary/aromatic N) is 2. The van der Waals surface area contributed by atoms with E-state index in [1.165, 1.54) is 18.7 Å². The first-order chi connectivity index (χ1) is 14.7. The van der Waals surface area contributed by atoms with Crippen LogP contribution in [0.15, 0.2) is 30.3 Å². The van der Waals surface area contributed by atoms with Crippen LogP contribution in [-0.2, 0) is 16.0 Å². The highest BCUT2D eigenvalue weighted by Gasteiger charge is 2.30. The molecular formula is C23H38N4O3S. The van der Waals surface area contributed by atoms with Gasteiger partial charge in [0.2, 0.25) is 5.91 Å². The van der Waals surface area contributed by atoms with Crippen LogP contribution in [0.4, 0.5) is 4.79 Å². The Bertz CT molecular complexity index is 683. The fraction of sp³-hybridized carbons (Fsp3) is 0.609. The van der Waals surface area contributed by atoms with Crippen molar-refractivity contribution in [3.8, 4) is 0 Å². The van der Waals surface area contributed by atoms with Crippen LogP contribution in [0.3, 0.4) is 0 Å². The first-order valence-corrected chi connectivity index (χ1v) is 11.8. The summed E-state index contributed by atoms with van der Waals surface area (Å²) in [5.74, 6) is 0.762. The number of carbonyl (C=O) groups excluding carboxylic acids is 3. The van der Waals surface area contributed by atoms with Gasteiger partial charge in [-0.15, -0.1) is 0 Å². The average Bonchev–Trinajstić information content (AvgIpc) is 2.70. The number of amides is 3. The zero-order valence-corrected chi connectivity index (χ0v) is 20.3. The number of hydrogen-bond donors (Lipinski definition) is 2. The van der Waals surface area contributed by atoms with Crippen molar-refractivity contribution in [2.75, 3.05) is 46.0 Å². The number of nitrogens with one attached hydrogen (secondary N) is 2. The van der Waals surface area contributed by atoms with Crippen molar-refractivity contribution < 1.29 is 14.4 Å². The minimum atomic E-state index is -0.608.